The molecule has 1 aromatic carbocycles. The van der Waals surface area contributed by atoms with Gasteiger partial charge in [-0.25, -0.2) is 0 Å². The summed E-state index contributed by atoms with van der Waals surface area (Å²) in [5.41, 5.74) is 7.53. The van der Waals surface area contributed by atoms with Crippen molar-refractivity contribution in [3.63, 3.8) is 0 Å². The molecule has 0 atom stereocenters. The minimum atomic E-state index is 0.405. The molecule has 0 bridgehead atoms. The number of benzene rings is 1. The van der Waals surface area contributed by atoms with Crippen LogP contribution in [0.15, 0.2) is 22.7 Å². The number of nitrogens with one attached hydrogen (secondary N) is 1. The Balaban J connectivity index is 2.26. The molecule has 0 aliphatic heterocycles. The molecule has 0 aliphatic carbocycles. The van der Waals surface area contributed by atoms with Crippen LogP contribution in [0.5, 0.6) is 0 Å². The monoisotopic (exact) mass is 344 g/mol. The van der Waals surface area contributed by atoms with Gasteiger partial charge in [0.25, 0.3) is 0 Å². The molecule has 0 fully saturated rings. The van der Waals surface area contributed by atoms with Gasteiger partial charge in [0.2, 0.25) is 0 Å². The third-order valence-electron chi connectivity index (χ3n) is 2.67. The van der Waals surface area contributed by atoms with Gasteiger partial charge in [0, 0.05) is 35.5 Å². The van der Waals surface area contributed by atoms with E-state index in [0.717, 1.165) is 48.3 Å². The fourth-order valence-corrected chi connectivity index (χ4v) is 2.48. The molecule has 0 saturated carbocycles. The van der Waals surface area contributed by atoms with Crippen LogP contribution in [-0.2, 0) is 4.74 Å². The second-order valence-corrected chi connectivity index (χ2v) is 5.60. The van der Waals surface area contributed by atoms with Crippen molar-refractivity contribution in [3.8, 4) is 0 Å². The first-order chi connectivity index (χ1) is 9.15. The van der Waals surface area contributed by atoms with Crippen LogP contribution in [0.3, 0.4) is 0 Å². The average molecular weight is 345 g/mol. The van der Waals surface area contributed by atoms with E-state index in [9.17, 15) is 0 Å². The highest BCUT2D eigenvalue weighted by Crippen LogP contribution is 2.21. The van der Waals surface area contributed by atoms with Gasteiger partial charge < -0.3 is 15.8 Å². The number of rotatable bonds is 9. The Hall–Kier alpha value is -0.650. The summed E-state index contributed by atoms with van der Waals surface area (Å²) in [5, 5.41) is 3.35. The second kappa shape index (κ2) is 9.28. The van der Waals surface area contributed by atoms with Gasteiger partial charge in [-0.1, -0.05) is 25.6 Å². The quantitative estimate of drug-likeness (QED) is 0.529. The van der Waals surface area contributed by atoms with Crippen LogP contribution >= 0.6 is 28.1 Å². The Bertz CT molecular complexity index is 412. The summed E-state index contributed by atoms with van der Waals surface area (Å²) in [6.07, 6.45) is 3.32. The van der Waals surface area contributed by atoms with E-state index < -0.39 is 0 Å². The number of nitrogens with two attached hydrogens (primary N) is 1. The van der Waals surface area contributed by atoms with Crippen LogP contribution in [-0.4, -0.2) is 24.7 Å². The van der Waals surface area contributed by atoms with Gasteiger partial charge in [-0.15, -0.1) is 0 Å². The third kappa shape index (κ3) is 6.36. The highest BCUT2D eigenvalue weighted by atomic mass is 79.9. The topological polar surface area (TPSA) is 47.3 Å². The Morgan fingerprint density at radius 3 is 2.74 bits per heavy atom. The van der Waals surface area contributed by atoms with Crippen molar-refractivity contribution in [2.75, 3.05) is 25.1 Å². The zero-order chi connectivity index (χ0) is 14.1. The van der Waals surface area contributed by atoms with Crippen molar-refractivity contribution in [1.29, 1.82) is 0 Å². The van der Waals surface area contributed by atoms with Crippen LogP contribution in [0.2, 0.25) is 0 Å². The minimum absolute atomic E-state index is 0.405. The first-order valence-electron chi connectivity index (χ1n) is 6.56. The molecule has 0 unspecified atom stereocenters. The van der Waals surface area contributed by atoms with Gasteiger partial charge in [0.05, 0.1) is 0 Å². The average Bonchev–Trinajstić information content (AvgIpc) is 2.37. The van der Waals surface area contributed by atoms with E-state index >= 15 is 0 Å². The molecule has 0 amide bonds. The van der Waals surface area contributed by atoms with Crippen LogP contribution in [0.25, 0.3) is 0 Å². The molecule has 0 saturated heterocycles. The first-order valence-corrected chi connectivity index (χ1v) is 7.76. The lowest BCUT2D eigenvalue weighted by Crippen LogP contribution is -2.11. The van der Waals surface area contributed by atoms with Crippen molar-refractivity contribution in [3.05, 3.63) is 28.2 Å². The second-order valence-electron chi connectivity index (χ2n) is 4.31. The van der Waals surface area contributed by atoms with Gasteiger partial charge in [-0.05, 0) is 47.0 Å². The molecule has 1 aromatic rings. The number of hydrogen-bond donors (Lipinski definition) is 2. The lowest BCUT2D eigenvalue weighted by Gasteiger charge is -2.09. The maximum atomic E-state index is 5.61. The molecule has 106 valence electrons. The Labute approximate surface area is 129 Å². The predicted octanol–water partition coefficient (Wildman–Crippen LogP) is 3.70. The highest BCUT2D eigenvalue weighted by Gasteiger charge is 2.03. The van der Waals surface area contributed by atoms with E-state index in [-0.39, 0.29) is 0 Å². The molecule has 0 radical (unpaired) electrons. The lowest BCUT2D eigenvalue weighted by molar-refractivity contribution is 0.131. The molecule has 0 aliphatic rings. The normalized spacial score (nSPS) is 10.4. The zero-order valence-corrected chi connectivity index (χ0v) is 13.6. The van der Waals surface area contributed by atoms with Crippen molar-refractivity contribution < 1.29 is 4.74 Å². The molecular weight excluding hydrogens is 324 g/mol. The zero-order valence-electron chi connectivity index (χ0n) is 11.2. The largest absolute Gasteiger partial charge is 0.389 e. The van der Waals surface area contributed by atoms with E-state index in [2.05, 4.69) is 28.2 Å². The third-order valence-corrected chi connectivity index (χ3v) is 3.55. The van der Waals surface area contributed by atoms with Gasteiger partial charge in [-0.2, -0.15) is 0 Å². The van der Waals surface area contributed by atoms with Gasteiger partial charge in [0.15, 0.2) is 0 Å². The summed E-state index contributed by atoms with van der Waals surface area (Å²) in [6, 6.07) is 5.90. The Morgan fingerprint density at radius 1 is 1.37 bits per heavy atom. The number of unbranched alkanes of at least 4 members (excludes halogenated alkanes) is 1. The van der Waals surface area contributed by atoms with Crippen molar-refractivity contribution in [2.45, 2.75) is 26.2 Å². The maximum absolute atomic E-state index is 5.61. The smallest absolute Gasteiger partial charge is 0.105 e. The highest BCUT2D eigenvalue weighted by molar-refractivity contribution is 9.10. The van der Waals surface area contributed by atoms with E-state index in [1.807, 2.05) is 18.2 Å². The van der Waals surface area contributed by atoms with Crippen molar-refractivity contribution in [2.24, 2.45) is 5.73 Å². The number of hydrogen-bond acceptors (Lipinski definition) is 3. The molecule has 19 heavy (non-hydrogen) atoms. The standard InChI is InChI=1S/C14H21BrN2OS/c1-2-3-8-18-9-4-7-17-11-5-6-12(14(16)19)13(15)10-11/h5-6,10,17H,2-4,7-9H2,1H3,(H2,16,19). The molecular formula is C14H21BrN2OS. The van der Waals surface area contributed by atoms with Crippen LogP contribution in [0.1, 0.15) is 31.7 Å². The SMILES string of the molecule is CCCCOCCCNc1ccc(C(N)=S)c(Br)c1. The lowest BCUT2D eigenvalue weighted by atomic mass is 10.2. The number of thiocarbonyl (C=S) groups is 1. The van der Waals surface area contributed by atoms with Crippen LogP contribution in [0.4, 0.5) is 5.69 Å². The summed E-state index contributed by atoms with van der Waals surface area (Å²) in [7, 11) is 0. The number of anilines is 1. The Morgan fingerprint density at radius 2 is 2.11 bits per heavy atom. The summed E-state index contributed by atoms with van der Waals surface area (Å²) in [6.45, 7) is 4.73. The fourth-order valence-electron chi connectivity index (χ4n) is 1.58. The van der Waals surface area contributed by atoms with E-state index in [1.165, 1.54) is 6.42 Å². The molecule has 0 aromatic heterocycles. The molecule has 1 rings (SSSR count). The summed E-state index contributed by atoms with van der Waals surface area (Å²) < 4.78 is 6.42. The van der Waals surface area contributed by atoms with E-state index in [4.69, 9.17) is 22.7 Å². The summed E-state index contributed by atoms with van der Waals surface area (Å²) in [5.74, 6) is 0. The van der Waals surface area contributed by atoms with Gasteiger partial charge in [-0.3, -0.25) is 0 Å². The summed E-state index contributed by atoms with van der Waals surface area (Å²) in [4.78, 5) is 0.405. The number of halogens is 1. The van der Waals surface area contributed by atoms with E-state index in [0.29, 0.717) is 4.99 Å². The van der Waals surface area contributed by atoms with Crippen LogP contribution < -0.4 is 11.1 Å². The minimum Gasteiger partial charge on any atom is -0.389 e. The molecule has 5 heteroatoms. The van der Waals surface area contributed by atoms with E-state index in [1.54, 1.807) is 0 Å². The van der Waals surface area contributed by atoms with Crippen molar-refractivity contribution >= 4 is 38.8 Å². The molecule has 0 heterocycles. The first kappa shape index (κ1) is 16.4. The van der Waals surface area contributed by atoms with Gasteiger partial charge >= 0.3 is 0 Å². The maximum Gasteiger partial charge on any atom is 0.105 e. The van der Waals surface area contributed by atoms with Crippen LogP contribution in [0, 0.1) is 0 Å². The molecule has 0 spiro atoms. The molecule has 3 nitrogen and oxygen atoms in total. The van der Waals surface area contributed by atoms with Gasteiger partial charge in [0.1, 0.15) is 4.99 Å². The number of ether oxygens (including phenoxy) is 1. The molecule has 3 N–H and O–H groups in total. The fraction of sp³-hybridized carbons (Fsp3) is 0.500. The Kier molecular flexibility index (Phi) is 8.02. The predicted molar refractivity (Wildman–Crippen MR) is 88.9 cm³/mol. The van der Waals surface area contributed by atoms with Crippen molar-refractivity contribution in [1.82, 2.24) is 0 Å². The summed E-state index contributed by atoms with van der Waals surface area (Å²) >= 11 is 8.43.